The lowest BCUT2D eigenvalue weighted by atomic mass is 9.98. The van der Waals surface area contributed by atoms with Gasteiger partial charge in [-0.3, -0.25) is 14.4 Å². The van der Waals surface area contributed by atoms with E-state index in [0.29, 0.717) is 30.7 Å². The van der Waals surface area contributed by atoms with Crippen molar-refractivity contribution in [3.8, 4) is 0 Å². The van der Waals surface area contributed by atoms with Crippen LogP contribution in [0.1, 0.15) is 47.8 Å². The summed E-state index contributed by atoms with van der Waals surface area (Å²) in [4.78, 5) is 16.6. The number of methoxy groups -OCH3 is 1. The first-order chi connectivity index (χ1) is 15.8. The van der Waals surface area contributed by atoms with Crippen molar-refractivity contribution in [1.29, 1.82) is 0 Å². The van der Waals surface area contributed by atoms with Crippen LogP contribution in [0.4, 0.5) is 0 Å². The van der Waals surface area contributed by atoms with Crippen LogP contribution in [-0.2, 0) is 22.5 Å². The highest BCUT2D eigenvalue weighted by Gasteiger charge is 2.32. The topological polar surface area (TPSA) is 73.3 Å². The summed E-state index contributed by atoms with van der Waals surface area (Å²) in [5.74, 6) is -0.398. The Bertz CT molecular complexity index is 913. The van der Waals surface area contributed by atoms with Crippen molar-refractivity contribution in [2.45, 2.75) is 44.9 Å². The average molecular weight is 474 g/mol. The van der Waals surface area contributed by atoms with E-state index in [9.17, 15) is 13.6 Å². The van der Waals surface area contributed by atoms with Crippen LogP contribution in [0.3, 0.4) is 0 Å². The summed E-state index contributed by atoms with van der Waals surface area (Å²) in [6, 6.07) is 18.4. The highest BCUT2D eigenvalue weighted by molar-refractivity contribution is 7.76. The number of esters is 1. The van der Waals surface area contributed by atoms with E-state index in [1.165, 1.54) is 12.7 Å². The van der Waals surface area contributed by atoms with Gasteiger partial charge < -0.3 is 4.74 Å². The minimum Gasteiger partial charge on any atom is -0.465 e. The van der Waals surface area contributed by atoms with Crippen molar-refractivity contribution < 1.29 is 18.3 Å². The quantitative estimate of drug-likeness (QED) is 0.443. The van der Waals surface area contributed by atoms with Gasteiger partial charge in [0.05, 0.1) is 12.7 Å². The van der Waals surface area contributed by atoms with Gasteiger partial charge in [0.2, 0.25) is 11.3 Å². The number of likely N-dealkylation sites (N-methyl/N-ethyl adjacent to an activating group) is 1. The van der Waals surface area contributed by atoms with Crippen LogP contribution in [0.2, 0.25) is 0 Å². The molecule has 1 aliphatic rings. The molecular weight excluding hydrogens is 438 g/mol. The highest BCUT2D eigenvalue weighted by Crippen LogP contribution is 2.29. The van der Waals surface area contributed by atoms with Gasteiger partial charge in [-0.05, 0) is 50.6 Å². The monoisotopic (exact) mass is 473 g/mol. The second-order valence-electron chi connectivity index (χ2n) is 8.82. The summed E-state index contributed by atoms with van der Waals surface area (Å²) < 4.78 is 28.4. The predicted octanol–water partition coefficient (Wildman–Crippen LogP) is 3.57. The Morgan fingerprint density at radius 1 is 1.12 bits per heavy atom. The maximum Gasteiger partial charge on any atom is 0.337 e. The second-order valence-corrected chi connectivity index (χ2v) is 9.79. The fourth-order valence-electron chi connectivity index (χ4n) is 4.48. The number of rotatable bonds is 9. The van der Waals surface area contributed by atoms with Crippen molar-refractivity contribution in [3.05, 3.63) is 71.3 Å². The largest absolute Gasteiger partial charge is 0.465 e. The average Bonchev–Trinajstić information content (AvgIpc) is 2.82. The van der Waals surface area contributed by atoms with Crippen LogP contribution in [0.25, 0.3) is 0 Å². The summed E-state index contributed by atoms with van der Waals surface area (Å²) in [7, 11) is 3.52. The maximum atomic E-state index is 12.1. The normalized spacial score (nSPS) is 21.6. The molecule has 0 aromatic heterocycles. The molecule has 2 aromatic carbocycles. The molecule has 2 aromatic rings. The summed E-state index contributed by atoms with van der Waals surface area (Å²) in [5, 5.41) is 0. The third-order valence-electron chi connectivity index (χ3n) is 6.62. The van der Waals surface area contributed by atoms with Gasteiger partial charge in [-0.1, -0.05) is 42.5 Å². The first-order valence-corrected chi connectivity index (χ1v) is 12.4. The van der Waals surface area contributed by atoms with Crippen LogP contribution in [0.15, 0.2) is 54.6 Å². The Morgan fingerprint density at radius 2 is 1.73 bits per heavy atom. The molecule has 8 heteroatoms. The molecule has 33 heavy (non-hydrogen) atoms. The lowest BCUT2D eigenvalue weighted by Crippen LogP contribution is -2.55. The van der Waals surface area contributed by atoms with Crippen LogP contribution in [0, 0.1) is 0 Å². The summed E-state index contributed by atoms with van der Waals surface area (Å²) in [6.07, 6.45) is 0.736. The molecule has 180 valence electrons. The Labute approximate surface area is 199 Å². The van der Waals surface area contributed by atoms with Crippen molar-refractivity contribution >= 4 is 17.2 Å². The lowest BCUT2D eigenvalue weighted by Gasteiger charge is -2.46. The third kappa shape index (κ3) is 6.71. The first-order valence-electron chi connectivity index (χ1n) is 11.3. The zero-order valence-electron chi connectivity index (χ0n) is 19.9. The number of piperazine rings is 1. The van der Waals surface area contributed by atoms with Gasteiger partial charge in [-0.15, -0.1) is 0 Å². The highest BCUT2D eigenvalue weighted by atomic mass is 32.2. The molecule has 0 saturated carbocycles. The fourth-order valence-corrected chi connectivity index (χ4v) is 5.00. The van der Waals surface area contributed by atoms with Crippen molar-refractivity contribution in [2.24, 2.45) is 0 Å². The number of carbonyl (C=O) groups excluding carboxylic acids is 1. The zero-order chi connectivity index (χ0) is 24.0. The molecule has 2 unspecified atom stereocenters. The van der Waals surface area contributed by atoms with E-state index in [2.05, 4.69) is 55.0 Å². The van der Waals surface area contributed by atoms with Crippen molar-refractivity contribution in [2.75, 3.05) is 33.8 Å². The van der Waals surface area contributed by atoms with E-state index in [1.807, 2.05) is 6.07 Å². The van der Waals surface area contributed by atoms with Gasteiger partial charge in [-0.2, -0.15) is 4.31 Å². The lowest BCUT2D eigenvalue weighted by molar-refractivity contribution is 0.0293. The van der Waals surface area contributed by atoms with Gasteiger partial charge in [0.1, 0.15) is 0 Å². The molecule has 0 amide bonds. The molecule has 1 aliphatic heterocycles. The molecule has 0 radical (unpaired) electrons. The van der Waals surface area contributed by atoms with E-state index < -0.39 is 17.2 Å². The van der Waals surface area contributed by atoms with E-state index in [1.54, 1.807) is 28.6 Å². The number of benzene rings is 2. The van der Waals surface area contributed by atoms with Gasteiger partial charge in [-0.25, -0.2) is 9.00 Å². The number of nitrogens with zero attached hydrogens (tertiary/aromatic N) is 3. The van der Waals surface area contributed by atoms with Crippen molar-refractivity contribution in [3.63, 3.8) is 0 Å². The van der Waals surface area contributed by atoms with E-state index in [4.69, 9.17) is 4.74 Å². The Kier molecular flexibility index (Phi) is 9.17. The Balaban J connectivity index is 1.73. The fraction of sp³-hybridized carbons (Fsp3) is 0.480. The van der Waals surface area contributed by atoms with Gasteiger partial charge in [0.15, 0.2) is 0 Å². The van der Waals surface area contributed by atoms with Gasteiger partial charge >= 0.3 is 5.97 Å². The summed E-state index contributed by atoms with van der Waals surface area (Å²) >= 11 is -2.10. The number of hydrogen-bond acceptors (Lipinski definition) is 5. The van der Waals surface area contributed by atoms with Gasteiger partial charge in [0.25, 0.3) is 0 Å². The van der Waals surface area contributed by atoms with Crippen molar-refractivity contribution in [1.82, 2.24) is 14.1 Å². The third-order valence-corrected chi connectivity index (χ3v) is 7.37. The molecule has 0 bridgehead atoms. The molecule has 1 heterocycles. The molecule has 1 N–H and O–H groups in total. The molecule has 0 spiro atoms. The summed E-state index contributed by atoms with van der Waals surface area (Å²) in [5.41, 5.74) is 2.55. The molecule has 1 fully saturated rings. The molecule has 1 saturated heterocycles. The minimum absolute atomic E-state index is 0.164. The molecule has 0 aliphatic carbocycles. The first kappa shape index (κ1) is 25.5. The smallest absolute Gasteiger partial charge is 0.337 e. The SMILES string of the molecule is COC(=O)c1ccc(CN(CCC(c2ccccc2)N2C[C@@H](C)N(C)[C@@H](C)C2)S(=O)O)cc1. The zero-order valence-corrected chi connectivity index (χ0v) is 20.7. The number of ether oxygens (including phenoxy) is 1. The Morgan fingerprint density at radius 3 is 2.27 bits per heavy atom. The van der Waals surface area contributed by atoms with Crippen LogP contribution >= 0.6 is 0 Å². The molecule has 4 atom stereocenters. The number of carbonyl (C=O) groups is 1. The molecular formula is C25H35N3O4S. The maximum absolute atomic E-state index is 12.1. The molecule has 7 nitrogen and oxygen atoms in total. The van der Waals surface area contributed by atoms with Crippen LogP contribution in [-0.4, -0.2) is 74.7 Å². The van der Waals surface area contributed by atoms with E-state index >= 15 is 0 Å². The number of hydrogen-bond donors (Lipinski definition) is 1. The van der Waals surface area contributed by atoms with E-state index in [0.717, 1.165) is 25.1 Å². The standard InChI is InChI=1S/C25H35N3O4S/c1-19-16-27(17-20(2)26(19)3)24(22-8-6-5-7-9-22)14-15-28(33(30)31)18-21-10-12-23(13-11-21)25(29)32-4/h5-13,19-20,24H,14-18H2,1-4H3,(H,30,31)/t19-,20+,24?. The second kappa shape index (κ2) is 11.9. The van der Waals surface area contributed by atoms with Gasteiger partial charge in [0, 0.05) is 44.3 Å². The van der Waals surface area contributed by atoms with Crippen LogP contribution < -0.4 is 0 Å². The van der Waals surface area contributed by atoms with E-state index in [-0.39, 0.29) is 6.04 Å². The summed E-state index contributed by atoms with van der Waals surface area (Å²) in [6.45, 7) is 7.20. The minimum atomic E-state index is -2.10. The molecule has 3 rings (SSSR count). The predicted molar refractivity (Wildman–Crippen MR) is 131 cm³/mol. The Hall–Kier alpha value is -2.10. The van der Waals surface area contributed by atoms with Crippen LogP contribution in [0.5, 0.6) is 0 Å².